The summed E-state index contributed by atoms with van der Waals surface area (Å²) in [5.41, 5.74) is 0.867. The van der Waals surface area contributed by atoms with Gasteiger partial charge in [-0.2, -0.15) is 10.2 Å². The topological polar surface area (TPSA) is 108 Å². The number of carbonyl (C=O) groups is 1. The smallest absolute Gasteiger partial charge is 0.305 e. The molecule has 2 heterocycles. The summed E-state index contributed by atoms with van der Waals surface area (Å²) >= 11 is 0. The second-order valence-electron chi connectivity index (χ2n) is 7.93. The van der Waals surface area contributed by atoms with Crippen molar-refractivity contribution in [3.05, 3.63) is 104 Å². The number of anilines is 1. The van der Waals surface area contributed by atoms with Crippen LogP contribution in [0.5, 0.6) is 0 Å². The van der Waals surface area contributed by atoms with E-state index in [1.54, 1.807) is 38.1 Å². The maximum atomic E-state index is 13.9. The molecule has 4 aromatic rings. The molecule has 1 amide bonds. The van der Waals surface area contributed by atoms with E-state index in [9.17, 15) is 32.5 Å². The zero-order valence-corrected chi connectivity index (χ0v) is 18.9. The van der Waals surface area contributed by atoms with E-state index in [2.05, 4.69) is 15.5 Å². The van der Waals surface area contributed by atoms with Gasteiger partial charge in [-0.1, -0.05) is 12.1 Å². The van der Waals surface area contributed by atoms with Crippen molar-refractivity contribution in [2.75, 3.05) is 5.32 Å². The van der Waals surface area contributed by atoms with Gasteiger partial charge >= 0.3 is 5.69 Å². The molecular formula is C23H18F4N6O3. The minimum atomic E-state index is -1.52. The number of nitro groups is 1. The molecule has 2 aromatic carbocycles. The standard InChI is InChI=1S/C23H18F4N6O3/c1-12-22(33(35)36)13(2)32(29-12)10-14-3-5-15(6-4-14)23(34)28-19-7-8-31(30-19)11-16-20(26)17(24)9-18(25)21(16)27/h3-9H,10-11H2,1-2H3,(H,28,30,34). The van der Waals surface area contributed by atoms with Crippen molar-refractivity contribution >= 4 is 17.4 Å². The van der Waals surface area contributed by atoms with Gasteiger partial charge < -0.3 is 5.32 Å². The molecule has 4 rings (SSSR count). The third kappa shape index (κ3) is 4.80. The molecule has 13 heteroatoms. The molecule has 36 heavy (non-hydrogen) atoms. The lowest BCUT2D eigenvalue weighted by molar-refractivity contribution is -0.386. The van der Waals surface area contributed by atoms with Crippen LogP contribution >= 0.6 is 0 Å². The molecule has 0 unspecified atom stereocenters. The van der Waals surface area contributed by atoms with E-state index in [1.165, 1.54) is 16.9 Å². The average Bonchev–Trinajstić information content (AvgIpc) is 3.38. The molecule has 2 aromatic heterocycles. The fraction of sp³-hybridized carbons (Fsp3) is 0.174. The van der Waals surface area contributed by atoms with Gasteiger partial charge in [0.25, 0.3) is 5.91 Å². The number of carbonyl (C=O) groups excluding carboxylic acids is 1. The minimum absolute atomic E-state index is 0.0431. The highest BCUT2D eigenvalue weighted by molar-refractivity contribution is 6.03. The van der Waals surface area contributed by atoms with E-state index in [4.69, 9.17) is 0 Å². The predicted octanol–water partition coefficient (Wildman–Crippen LogP) is 4.51. The Morgan fingerprint density at radius 3 is 2.22 bits per heavy atom. The normalized spacial score (nSPS) is 11.1. The zero-order chi connectivity index (χ0) is 26.1. The minimum Gasteiger partial charge on any atom is -0.305 e. The number of nitrogens with zero attached hydrogens (tertiary/aromatic N) is 5. The predicted molar refractivity (Wildman–Crippen MR) is 119 cm³/mol. The monoisotopic (exact) mass is 502 g/mol. The van der Waals surface area contributed by atoms with Crippen molar-refractivity contribution in [1.82, 2.24) is 19.6 Å². The Bertz CT molecular complexity index is 1450. The van der Waals surface area contributed by atoms with Crippen LogP contribution in [0.4, 0.5) is 29.1 Å². The van der Waals surface area contributed by atoms with Crippen LogP contribution in [0.15, 0.2) is 42.6 Å². The first-order valence-corrected chi connectivity index (χ1v) is 10.5. The lowest BCUT2D eigenvalue weighted by Gasteiger charge is -2.07. The van der Waals surface area contributed by atoms with E-state index >= 15 is 0 Å². The average molecular weight is 502 g/mol. The first-order valence-electron chi connectivity index (χ1n) is 10.5. The van der Waals surface area contributed by atoms with Gasteiger partial charge in [0.15, 0.2) is 29.1 Å². The Kier molecular flexibility index (Phi) is 6.55. The second kappa shape index (κ2) is 9.60. The number of aryl methyl sites for hydroxylation is 1. The van der Waals surface area contributed by atoms with Gasteiger partial charge in [0.2, 0.25) is 0 Å². The Hall–Kier alpha value is -4.55. The fourth-order valence-corrected chi connectivity index (χ4v) is 3.67. The van der Waals surface area contributed by atoms with Crippen molar-refractivity contribution in [1.29, 1.82) is 0 Å². The van der Waals surface area contributed by atoms with E-state index in [0.717, 1.165) is 10.2 Å². The first kappa shape index (κ1) is 24.6. The van der Waals surface area contributed by atoms with Crippen molar-refractivity contribution in [3.8, 4) is 0 Å². The molecule has 0 fully saturated rings. The molecule has 0 aliphatic rings. The number of hydrogen-bond acceptors (Lipinski definition) is 5. The number of hydrogen-bond donors (Lipinski definition) is 1. The fourth-order valence-electron chi connectivity index (χ4n) is 3.67. The third-order valence-corrected chi connectivity index (χ3v) is 5.48. The molecule has 0 saturated heterocycles. The van der Waals surface area contributed by atoms with Crippen LogP contribution < -0.4 is 5.32 Å². The highest BCUT2D eigenvalue weighted by Gasteiger charge is 2.22. The Labute approximate surface area is 201 Å². The third-order valence-electron chi connectivity index (χ3n) is 5.48. The number of nitrogens with one attached hydrogen (secondary N) is 1. The van der Waals surface area contributed by atoms with Gasteiger partial charge in [0, 0.05) is 23.9 Å². The molecule has 1 N–H and O–H groups in total. The van der Waals surface area contributed by atoms with Gasteiger partial charge in [-0.3, -0.25) is 24.3 Å². The number of benzene rings is 2. The molecule has 9 nitrogen and oxygen atoms in total. The summed E-state index contributed by atoms with van der Waals surface area (Å²) in [6.07, 6.45) is 1.29. The number of halogens is 4. The second-order valence-corrected chi connectivity index (χ2v) is 7.93. The van der Waals surface area contributed by atoms with Crippen molar-refractivity contribution in [2.45, 2.75) is 26.9 Å². The summed E-state index contributed by atoms with van der Waals surface area (Å²) in [6, 6.07) is 7.90. The number of aromatic nitrogens is 4. The highest BCUT2D eigenvalue weighted by atomic mass is 19.2. The molecule has 186 valence electrons. The molecular weight excluding hydrogens is 484 g/mol. The maximum absolute atomic E-state index is 13.9. The van der Waals surface area contributed by atoms with Crippen LogP contribution in [0, 0.1) is 47.2 Å². The van der Waals surface area contributed by atoms with Crippen molar-refractivity contribution in [3.63, 3.8) is 0 Å². The maximum Gasteiger partial charge on any atom is 0.312 e. The largest absolute Gasteiger partial charge is 0.312 e. The summed E-state index contributed by atoms with van der Waals surface area (Å²) in [7, 11) is 0. The summed E-state index contributed by atoms with van der Waals surface area (Å²) in [5, 5.41) is 21.8. The van der Waals surface area contributed by atoms with Gasteiger partial charge in [0.05, 0.1) is 23.6 Å². The molecule has 0 radical (unpaired) electrons. The van der Waals surface area contributed by atoms with Crippen molar-refractivity contribution < 1.29 is 27.3 Å². The van der Waals surface area contributed by atoms with E-state index in [1.807, 2.05) is 0 Å². The summed E-state index contributed by atoms with van der Waals surface area (Å²) in [5.74, 6) is -6.57. The molecule has 0 aliphatic heterocycles. The number of amides is 1. The lowest BCUT2D eigenvalue weighted by Crippen LogP contribution is -2.14. The molecule has 0 bridgehead atoms. The molecule has 0 atom stereocenters. The first-order chi connectivity index (χ1) is 17.0. The van der Waals surface area contributed by atoms with Crippen LogP contribution in [-0.2, 0) is 13.1 Å². The van der Waals surface area contributed by atoms with Crippen LogP contribution in [0.25, 0.3) is 0 Å². The summed E-state index contributed by atoms with van der Waals surface area (Å²) in [4.78, 5) is 23.2. The number of rotatable bonds is 7. The lowest BCUT2D eigenvalue weighted by atomic mass is 10.1. The van der Waals surface area contributed by atoms with Gasteiger partial charge in [0.1, 0.15) is 11.4 Å². The van der Waals surface area contributed by atoms with Gasteiger partial charge in [-0.05, 0) is 31.5 Å². The van der Waals surface area contributed by atoms with E-state index < -0.39 is 46.2 Å². The van der Waals surface area contributed by atoms with Crippen LogP contribution in [-0.4, -0.2) is 30.4 Å². The SMILES string of the molecule is Cc1nn(Cc2ccc(C(=O)Nc3ccn(Cc4c(F)c(F)cc(F)c4F)n3)cc2)c(C)c1[N+](=O)[O-]. The van der Waals surface area contributed by atoms with Gasteiger partial charge in [-0.15, -0.1) is 0 Å². The molecule has 0 spiro atoms. The summed E-state index contributed by atoms with van der Waals surface area (Å²) in [6.45, 7) is 2.83. The van der Waals surface area contributed by atoms with E-state index in [-0.39, 0.29) is 29.7 Å². The molecule has 0 saturated carbocycles. The quantitative estimate of drug-likeness (QED) is 0.173. The van der Waals surface area contributed by atoms with Crippen LogP contribution in [0.3, 0.4) is 0 Å². The Balaban J connectivity index is 1.43. The Morgan fingerprint density at radius 1 is 1.00 bits per heavy atom. The summed E-state index contributed by atoms with van der Waals surface area (Å²) < 4.78 is 57.1. The van der Waals surface area contributed by atoms with E-state index in [0.29, 0.717) is 11.4 Å². The highest BCUT2D eigenvalue weighted by Crippen LogP contribution is 2.23. The van der Waals surface area contributed by atoms with Crippen molar-refractivity contribution in [2.24, 2.45) is 0 Å². The van der Waals surface area contributed by atoms with Crippen LogP contribution in [0.2, 0.25) is 0 Å². The zero-order valence-electron chi connectivity index (χ0n) is 18.9. The Morgan fingerprint density at radius 2 is 1.64 bits per heavy atom. The van der Waals surface area contributed by atoms with Gasteiger partial charge in [-0.25, -0.2) is 17.6 Å². The van der Waals surface area contributed by atoms with Crippen LogP contribution in [0.1, 0.15) is 32.9 Å². The molecule has 0 aliphatic carbocycles.